The van der Waals surface area contributed by atoms with Gasteiger partial charge in [-0.1, -0.05) is 18.2 Å². The summed E-state index contributed by atoms with van der Waals surface area (Å²) in [6.07, 6.45) is 1.79. The van der Waals surface area contributed by atoms with Crippen LogP contribution in [0, 0.1) is 0 Å². The van der Waals surface area contributed by atoms with Gasteiger partial charge in [0, 0.05) is 18.2 Å². The van der Waals surface area contributed by atoms with Crippen molar-refractivity contribution in [1.29, 1.82) is 0 Å². The Hall–Kier alpha value is -1.92. The Balaban J connectivity index is 1.83. The number of aliphatic carboxylic acids is 1. The molecule has 5 nitrogen and oxygen atoms in total. The topological polar surface area (TPSA) is 75.6 Å². The Morgan fingerprint density at radius 1 is 1.36 bits per heavy atom. The number of aryl methyl sites for hydroxylation is 1. The molecule has 1 atom stereocenters. The summed E-state index contributed by atoms with van der Waals surface area (Å²) in [6.45, 7) is -0.0315. The Labute approximate surface area is 132 Å². The molecule has 0 spiro atoms. The van der Waals surface area contributed by atoms with Crippen LogP contribution in [-0.4, -0.2) is 36.7 Å². The quantitative estimate of drug-likeness (QED) is 0.783. The monoisotopic (exact) mass is 321 g/mol. The van der Waals surface area contributed by atoms with Crippen molar-refractivity contribution in [1.82, 2.24) is 5.32 Å². The minimum Gasteiger partial charge on any atom is -0.480 e. The van der Waals surface area contributed by atoms with Crippen molar-refractivity contribution in [2.24, 2.45) is 0 Å². The van der Waals surface area contributed by atoms with Crippen molar-refractivity contribution in [3.8, 4) is 0 Å². The SMILES string of the molecule is COCC(NC(=O)CCCc1csc2ccccc12)C(=O)O. The van der Waals surface area contributed by atoms with E-state index in [0.29, 0.717) is 12.8 Å². The fraction of sp³-hybridized carbons (Fsp3) is 0.375. The van der Waals surface area contributed by atoms with E-state index in [9.17, 15) is 9.59 Å². The Morgan fingerprint density at radius 3 is 2.86 bits per heavy atom. The molecular weight excluding hydrogens is 302 g/mol. The van der Waals surface area contributed by atoms with Crippen molar-refractivity contribution < 1.29 is 19.4 Å². The van der Waals surface area contributed by atoms with Crippen LogP contribution in [-0.2, 0) is 20.7 Å². The molecule has 1 aromatic heterocycles. The number of carboxylic acid groups (broad SMARTS) is 1. The highest BCUT2D eigenvalue weighted by Gasteiger charge is 2.19. The molecule has 1 heterocycles. The van der Waals surface area contributed by atoms with Gasteiger partial charge in [-0.15, -0.1) is 11.3 Å². The van der Waals surface area contributed by atoms with Crippen molar-refractivity contribution in [2.45, 2.75) is 25.3 Å². The number of benzene rings is 1. The first-order valence-electron chi connectivity index (χ1n) is 7.08. The number of hydrogen-bond donors (Lipinski definition) is 2. The molecule has 2 rings (SSSR count). The van der Waals surface area contributed by atoms with Crippen LogP contribution in [0.15, 0.2) is 29.6 Å². The minimum atomic E-state index is -1.08. The molecule has 6 heteroatoms. The highest BCUT2D eigenvalue weighted by atomic mass is 32.1. The molecule has 0 aliphatic heterocycles. The molecule has 22 heavy (non-hydrogen) atoms. The normalized spacial score (nSPS) is 12.2. The molecule has 0 aliphatic carbocycles. The van der Waals surface area contributed by atoms with Gasteiger partial charge in [-0.25, -0.2) is 4.79 Å². The van der Waals surface area contributed by atoms with Crippen LogP contribution in [0.5, 0.6) is 0 Å². The summed E-state index contributed by atoms with van der Waals surface area (Å²) < 4.78 is 6.03. The van der Waals surface area contributed by atoms with E-state index in [0.717, 1.165) is 6.42 Å². The van der Waals surface area contributed by atoms with Gasteiger partial charge in [0.2, 0.25) is 5.91 Å². The number of amides is 1. The van der Waals surface area contributed by atoms with Crippen LogP contribution < -0.4 is 5.32 Å². The summed E-state index contributed by atoms with van der Waals surface area (Å²) >= 11 is 1.70. The largest absolute Gasteiger partial charge is 0.480 e. The van der Waals surface area contributed by atoms with Gasteiger partial charge < -0.3 is 15.2 Å². The van der Waals surface area contributed by atoms with E-state index in [2.05, 4.69) is 22.8 Å². The zero-order chi connectivity index (χ0) is 15.9. The highest BCUT2D eigenvalue weighted by molar-refractivity contribution is 7.17. The fourth-order valence-corrected chi connectivity index (χ4v) is 3.27. The fourth-order valence-electron chi connectivity index (χ4n) is 2.27. The first-order chi connectivity index (χ1) is 10.6. The number of thiophene rings is 1. The number of hydrogen-bond acceptors (Lipinski definition) is 4. The average Bonchev–Trinajstić information content (AvgIpc) is 2.90. The maximum atomic E-state index is 11.8. The molecule has 1 aromatic carbocycles. The van der Waals surface area contributed by atoms with E-state index < -0.39 is 12.0 Å². The molecule has 0 aliphatic rings. The number of carbonyl (C=O) groups excluding carboxylic acids is 1. The second-order valence-electron chi connectivity index (χ2n) is 5.02. The number of carboxylic acids is 1. The van der Waals surface area contributed by atoms with Crippen molar-refractivity contribution >= 4 is 33.3 Å². The van der Waals surface area contributed by atoms with E-state index in [-0.39, 0.29) is 12.5 Å². The van der Waals surface area contributed by atoms with Crippen molar-refractivity contribution in [3.05, 3.63) is 35.2 Å². The van der Waals surface area contributed by atoms with E-state index in [1.165, 1.54) is 22.8 Å². The van der Waals surface area contributed by atoms with Crippen LogP contribution in [0.1, 0.15) is 18.4 Å². The maximum Gasteiger partial charge on any atom is 0.328 e. The van der Waals surface area contributed by atoms with Gasteiger partial charge in [-0.05, 0) is 35.2 Å². The lowest BCUT2D eigenvalue weighted by atomic mass is 10.1. The smallest absolute Gasteiger partial charge is 0.328 e. The molecular formula is C16H19NO4S. The Kier molecular flexibility index (Phi) is 5.91. The minimum absolute atomic E-state index is 0.0315. The molecule has 0 radical (unpaired) electrons. The predicted octanol–water partition coefficient (Wildman–Crippen LogP) is 2.44. The molecule has 1 unspecified atom stereocenters. The predicted molar refractivity (Wildman–Crippen MR) is 86.2 cm³/mol. The second-order valence-corrected chi connectivity index (χ2v) is 5.94. The summed E-state index contributed by atoms with van der Waals surface area (Å²) in [4.78, 5) is 22.7. The summed E-state index contributed by atoms with van der Waals surface area (Å²) in [6, 6.07) is 7.20. The summed E-state index contributed by atoms with van der Waals surface area (Å²) in [5, 5.41) is 14.8. The van der Waals surface area contributed by atoms with E-state index in [1.807, 2.05) is 12.1 Å². The number of ether oxygens (including phenoxy) is 1. The van der Waals surface area contributed by atoms with Gasteiger partial charge in [-0.2, -0.15) is 0 Å². The molecule has 1 amide bonds. The van der Waals surface area contributed by atoms with E-state index in [1.54, 1.807) is 11.3 Å². The van der Waals surface area contributed by atoms with Gasteiger partial charge >= 0.3 is 5.97 Å². The molecule has 0 saturated heterocycles. The van der Waals surface area contributed by atoms with E-state index in [4.69, 9.17) is 9.84 Å². The van der Waals surface area contributed by atoms with Crippen molar-refractivity contribution in [3.63, 3.8) is 0 Å². The molecule has 118 valence electrons. The van der Waals surface area contributed by atoms with Crippen LogP contribution >= 0.6 is 11.3 Å². The third-order valence-electron chi connectivity index (χ3n) is 3.38. The number of nitrogens with one attached hydrogen (secondary N) is 1. The van der Waals surface area contributed by atoms with Crippen LogP contribution in [0.3, 0.4) is 0 Å². The maximum absolute atomic E-state index is 11.8. The summed E-state index contributed by atoms with van der Waals surface area (Å²) in [5.41, 5.74) is 1.24. The standard InChI is InChI=1S/C16H19NO4S/c1-21-9-13(16(19)20)17-15(18)8-4-5-11-10-22-14-7-3-2-6-12(11)14/h2-3,6-7,10,13H,4-5,8-9H2,1H3,(H,17,18)(H,19,20). The second kappa shape index (κ2) is 7.91. The summed E-state index contributed by atoms with van der Waals surface area (Å²) in [7, 11) is 1.41. The van der Waals surface area contributed by atoms with E-state index >= 15 is 0 Å². The number of fused-ring (bicyclic) bond motifs is 1. The van der Waals surface area contributed by atoms with Gasteiger partial charge in [0.1, 0.15) is 0 Å². The van der Waals surface area contributed by atoms with Crippen molar-refractivity contribution in [2.75, 3.05) is 13.7 Å². The van der Waals surface area contributed by atoms with Gasteiger partial charge in [0.05, 0.1) is 6.61 Å². The lowest BCUT2D eigenvalue weighted by molar-refractivity contribution is -0.143. The van der Waals surface area contributed by atoms with Gasteiger partial charge in [0.15, 0.2) is 6.04 Å². The first kappa shape index (κ1) is 16.5. The van der Waals surface area contributed by atoms with Gasteiger partial charge in [0.25, 0.3) is 0 Å². The lowest BCUT2D eigenvalue weighted by Crippen LogP contribution is -2.43. The summed E-state index contributed by atoms with van der Waals surface area (Å²) in [5.74, 6) is -1.34. The molecule has 0 fully saturated rings. The zero-order valence-corrected chi connectivity index (χ0v) is 13.2. The number of carbonyl (C=O) groups is 2. The third kappa shape index (κ3) is 4.29. The average molecular weight is 321 g/mol. The third-order valence-corrected chi connectivity index (χ3v) is 4.39. The Morgan fingerprint density at radius 2 is 2.14 bits per heavy atom. The highest BCUT2D eigenvalue weighted by Crippen LogP contribution is 2.26. The molecule has 2 aromatic rings. The van der Waals surface area contributed by atoms with Crippen LogP contribution in [0.25, 0.3) is 10.1 Å². The number of rotatable bonds is 8. The Bertz CT molecular complexity index is 652. The zero-order valence-electron chi connectivity index (χ0n) is 12.4. The molecule has 0 bridgehead atoms. The molecule has 2 N–H and O–H groups in total. The number of methoxy groups -OCH3 is 1. The lowest BCUT2D eigenvalue weighted by Gasteiger charge is -2.13. The van der Waals surface area contributed by atoms with Gasteiger partial charge in [-0.3, -0.25) is 4.79 Å². The van der Waals surface area contributed by atoms with Crippen LogP contribution in [0.4, 0.5) is 0 Å². The first-order valence-corrected chi connectivity index (χ1v) is 7.96. The van der Waals surface area contributed by atoms with Crippen LogP contribution in [0.2, 0.25) is 0 Å². The molecule has 0 saturated carbocycles.